The Hall–Kier alpha value is -2.48. The van der Waals surface area contributed by atoms with Crippen LogP contribution in [0.25, 0.3) is 12.2 Å². The number of thiophene rings is 1. The van der Waals surface area contributed by atoms with Crippen LogP contribution in [-0.2, 0) is 9.47 Å². The highest BCUT2D eigenvalue weighted by Crippen LogP contribution is 2.34. The lowest BCUT2D eigenvalue weighted by Gasteiger charge is -2.09. The van der Waals surface area contributed by atoms with Crippen molar-refractivity contribution in [2.45, 2.75) is 25.7 Å². The molecule has 2 atom stereocenters. The SMILES string of the molecule is CCC1OCC(c2sccc2C=Cc2ccc(C(=O)O)c(C(=O)O)c2)O1. The highest BCUT2D eigenvalue weighted by Gasteiger charge is 2.28. The molecule has 2 aromatic rings. The van der Waals surface area contributed by atoms with Crippen LogP contribution < -0.4 is 0 Å². The lowest BCUT2D eigenvalue weighted by Crippen LogP contribution is -2.08. The summed E-state index contributed by atoms with van der Waals surface area (Å²) in [7, 11) is 0. The molecular weight excluding hydrogens is 356 g/mol. The van der Waals surface area contributed by atoms with Crippen LogP contribution >= 0.6 is 11.3 Å². The third-order valence-corrected chi connectivity index (χ3v) is 5.09. The molecule has 0 aliphatic carbocycles. The van der Waals surface area contributed by atoms with E-state index in [0.717, 1.165) is 16.9 Å². The molecule has 0 amide bonds. The van der Waals surface area contributed by atoms with Gasteiger partial charge in [-0.15, -0.1) is 11.3 Å². The van der Waals surface area contributed by atoms with Gasteiger partial charge in [-0.1, -0.05) is 25.1 Å². The summed E-state index contributed by atoms with van der Waals surface area (Å²) in [5.41, 5.74) is 1.12. The highest BCUT2D eigenvalue weighted by molar-refractivity contribution is 7.10. The zero-order chi connectivity index (χ0) is 18.7. The minimum absolute atomic E-state index is 0.108. The van der Waals surface area contributed by atoms with Crippen molar-refractivity contribution in [2.24, 2.45) is 0 Å². The van der Waals surface area contributed by atoms with Gasteiger partial charge in [-0.05, 0) is 41.1 Å². The topological polar surface area (TPSA) is 93.1 Å². The van der Waals surface area contributed by atoms with Gasteiger partial charge in [0.25, 0.3) is 0 Å². The summed E-state index contributed by atoms with van der Waals surface area (Å²) in [5, 5.41) is 20.3. The normalized spacial score (nSPS) is 19.9. The molecule has 1 aromatic carbocycles. The molecule has 2 heterocycles. The van der Waals surface area contributed by atoms with Gasteiger partial charge in [0.05, 0.1) is 17.7 Å². The second kappa shape index (κ2) is 7.82. The number of rotatable bonds is 6. The monoisotopic (exact) mass is 374 g/mol. The molecule has 136 valence electrons. The molecule has 2 N–H and O–H groups in total. The van der Waals surface area contributed by atoms with E-state index in [4.69, 9.17) is 14.6 Å². The second-order valence-corrected chi connectivity index (χ2v) is 6.73. The fraction of sp³-hybridized carbons (Fsp3) is 0.263. The minimum atomic E-state index is -1.27. The van der Waals surface area contributed by atoms with Crippen molar-refractivity contribution >= 4 is 35.4 Å². The van der Waals surface area contributed by atoms with Gasteiger partial charge in [-0.2, -0.15) is 0 Å². The van der Waals surface area contributed by atoms with E-state index >= 15 is 0 Å². The lowest BCUT2D eigenvalue weighted by atomic mass is 10.0. The number of carboxylic acids is 2. The second-order valence-electron chi connectivity index (χ2n) is 5.78. The van der Waals surface area contributed by atoms with Crippen LogP contribution in [0.3, 0.4) is 0 Å². The number of hydrogen-bond donors (Lipinski definition) is 2. The van der Waals surface area contributed by atoms with Crippen LogP contribution in [0.2, 0.25) is 0 Å². The Morgan fingerprint density at radius 1 is 1.19 bits per heavy atom. The van der Waals surface area contributed by atoms with E-state index in [1.165, 1.54) is 12.1 Å². The maximum Gasteiger partial charge on any atom is 0.336 e. The van der Waals surface area contributed by atoms with Crippen LogP contribution in [0.5, 0.6) is 0 Å². The van der Waals surface area contributed by atoms with Crippen molar-refractivity contribution in [3.8, 4) is 0 Å². The summed E-state index contributed by atoms with van der Waals surface area (Å²) in [6.07, 6.45) is 4.14. The van der Waals surface area contributed by atoms with Crippen molar-refractivity contribution in [1.29, 1.82) is 0 Å². The molecule has 1 saturated heterocycles. The summed E-state index contributed by atoms with van der Waals surface area (Å²) < 4.78 is 11.4. The number of benzene rings is 1. The standard InChI is InChI=1S/C19H18O6S/c1-2-16-24-10-15(25-16)17-12(7-8-26-17)5-3-11-4-6-13(18(20)21)14(9-11)19(22)23/h3-9,15-16H,2,10H2,1H3,(H,20,21)(H,22,23). The predicted molar refractivity (Wildman–Crippen MR) is 97.5 cm³/mol. The number of carboxylic acid groups (broad SMARTS) is 2. The van der Waals surface area contributed by atoms with E-state index < -0.39 is 11.9 Å². The summed E-state index contributed by atoms with van der Waals surface area (Å²) in [4.78, 5) is 23.5. The van der Waals surface area contributed by atoms with E-state index in [1.807, 2.05) is 24.4 Å². The van der Waals surface area contributed by atoms with Crippen LogP contribution in [0, 0.1) is 0 Å². The fourth-order valence-electron chi connectivity index (χ4n) is 2.75. The largest absolute Gasteiger partial charge is 0.478 e. The predicted octanol–water partition coefficient (Wildman–Crippen LogP) is 4.14. The van der Waals surface area contributed by atoms with Gasteiger partial charge in [0.2, 0.25) is 0 Å². The fourth-order valence-corrected chi connectivity index (χ4v) is 3.66. The van der Waals surface area contributed by atoms with E-state index in [0.29, 0.717) is 12.2 Å². The maximum atomic E-state index is 11.3. The summed E-state index contributed by atoms with van der Waals surface area (Å²) >= 11 is 1.58. The average Bonchev–Trinajstić information content (AvgIpc) is 3.28. The van der Waals surface area contributed by atoms with Gasteiger partial charge in [0.1, 0.15) is 6.10 Å². The van der Waals surface area contributed by atoms with Gasteiger partial charge in [0.15, 0.2) is 6.29 Å². The van der Waals surface area contributed by atoms with E-state index in [9.17, 15) is 14.7 Å². The Kier molecular flexibility index (Phi) is 5.51. The molecule has 0 radical (unpaired) electrons. The lowest BCUT2D eigenvalue weighted by molar-refractivity contribution is -0.0587. The van der Waals surface area contributed by atoms with E-state index in [2.05, 4.69) is 0 Å². The van der Waals surface area contributed by atoms with E-state index in [1.54, 1.807) is 23.5 Å². The molecule has 1 fully saturated rings. The van der Waals surface area contributed by atoms with Crippen molar-refractivity contribution in [3.05, 3.63) is 56.8 Å². The highest BCUT2D eigenvalue weighted by atomic mass is 32.1. The Labute approximate surface area is 154 Å². The first-order valence-electron chi connectivity index (χ1n) is 8.12. The molecule has 1 aliphatic rings. The molecule has 26 heavy (non-hydrogen) atoms. The molecular formula is C19H18O6S. The van der Waals surface area contributed by atoms with Crippen LogP contribution in [0.4, 0.5) is 0 Å². The molecule has 0 saturated carbocycles. The smallest absolute Gasteiger partial charge is 0.336 e. The quantitative estimate of drug-likeness (QED) is 0.789. The van der Waals surface area contributed by atoms with Gasteiger partial charge in [-0.3, -0.25) is 0 Å². The van der Waals surface area contributed by atoms with Gasteiger partial charge < -0.3 is 19.7 Å². The summed E-state index contributed by atoms with van der Waals surface area (Å²) in [6, 6.07) is 6.21. The number of ether oxygens (including phenoxy) is 2. The Bertz CT molecular complexity index is 853. The number of carbonyl (C=O) groups is 2. The van der Waals surface area contributed by atoms with Crippen molar-refractivity contribution in [3.63, 3.8) is 0 Å². The molecule has 3 rings (SSSR count). The molecule has 0 spiro atoms. The van der Waals surface area contributed by atoms with Crippen molar-refractivity contribution in [2.75, 3.05) is 6.61 Å². The van der Waals surface area contributed by atoms with Gasteiger partial charge >= 0.3 is 11.9 Å². The van der Waals surface area contributed by atoms with Gasteiger partial charge in [-0.25, -0.2) is 9.59 Å². The molecule has 1 aromatic heterocycles. The molecule has 7 heteroatoms. The van der Waals surface area contributed by atoms with Crippen LogP contribution in [0.15, 0.2) is 29.6 Å². The average molecular weight is 374 g/mol. The first-order chi connectivity index (χ1) is 12.5. The first kappa shape index (κ1) is 18.3. The minimum Gasteiger partial charge on any atom is -0.478 e. The first-order valence-corrected chi connectivity index (χ1v) is 9.00. The zero-order valence-electron chi connectivity index (χ0n) is 14.0. The summed E-state index contributed by atoms with van der Waals surface area (Å²) in [5.74, 6) is -2.53. The Morgan fingerprint density at radius 3 is 2.62 bits per heavy atom. The number of aromatic carboxylic acids is 2. The van der Waals surface area contributed by atoms with Crippen molar-refractivity contribution in [1.82, 2.24) is 0 Å². The zero-order valence-corrected chi connectivity index (χ0v) is 14.9. The third kappa shape index (κ3) is 3.85. The number of hydrogen-bond acceptors (Lipinski definition) is 5. The van der Waals surface area contributed by atoms with Crippen LogP contribution in [-0.4, -0.2) is 35.0 Å². The molecule has 0 bridgehead atoms. The van der Waals surface area contributed by atoms with Crippen molar-refractivity contribution < 1.29 is 29.3 Å². The Morgan fingerprint density at radius 2 is 1.96 bits per heavy atom. The van der Waals surface area contributed by atoms with Gasteiger partial charge in [0, 0.05) is 4.88 Å². The third-order valence-electron chi connectivity index (χ3n) is 4.06. The Balaban J connectivity index is 1.83. The van der Waals surface area contributed by atoms with Crippen LogP contribution in [0.1, 0.15) is 56.2 Å². The maximum absolute atomic E-state index is 11.3. The molecule has 2 unspecified atom stereocenters. The molecule has 1 aliphatic heterocycles. The molecule has 6 nitrogen and oxygen atoms in total. The van der Waals surface area contributed by atoms with E-state index in [-0.39, 0.29) is 23.5 Å². The summed E-state index contributed by atoms with van der Waals surface area (Å²) in [6.45, 7) is 2.51.